The quantitative estimate of drug-likeness (QED) is 0.760. The van der Waals surface area contributed by atoms with E-state index in [1.807, 2.05) is 36.4 Å². The highest BCUT2D eigenvalue weighted by molar-refractivity contribution is 14.1. The number of unbranched alkanes of at least 4 members (excludes halogenated alkanes) is 1. The molecule has 1 N–H and O–H groups in total. The highest BCUT2D eigenvalue weighted by Crippen LogP contribution is 2.23. The van der Waals surface area contributed by atoms with Gasteiger partial charge in [-0.25, -0.2) is 0 Å². The zero-order chi connectivity index (χ0) is 13.7. The number of halogens is 1. The van der Waals surface area contributed by atoms with Crippen molar-refractivity contribution in [3.05, 3.63) is 68.8 Å². The summed E-state index contributed by atoms with van der Waals surface area (Å²) in [4.78, 5) is 0. The maximum absolute atomic E-state index is 10.3. The second-order valence-electron chi connectivity index (χ2n) is 4.80. The third-order valence-electron chi connectivity index (χ3n) is 3.30. The van der Waals surface area contributed by atoms with Gasteiger partial charge in [-0.15, -0.1) is 0 Å². The maximum Gasteiger partial charge on any atom is 0.104 e. The minimum atomic E-state index is -0.530. The molecule has 0 radical (unpaired) electrons. The highest BCUT2D eigenvalue weighted by atomic mass is 127. The molecule has 19 heavy (non-hydrogen) atoms. The van der Waals surface area contributed by atoms with Crippen molar-refractivity contribution in [2.45, 2.75) is 32.3 Å². The van der Waals surface area contributed by atoms with Crippen LogP contribution in [0.15, 0.2) is 48.5 Å². The zero-order valence-corrected chi connectivity index (χ0v) is 13.3. The van der Waals surface area contributed by atoms with Gasteiger partial charge in [0.15, 0.2) is 0 Å². The van der Waals surface area contributed by atoms with Gasteiger partial charge in [-0.1, -0.05) is 49.7 Å². The number of hydrogen-bond acceptors (Lipinski definition) is 1. The van der Waals surface area contributed by atoms with Crippen LogP contribution in [-0.2, 0) is 6.42 Å². The largest absolute Gasteiger partial charge is 0.384 e. The molecule has 1 unspecified atom stereocenters. The smallest absolute Gasteiger partial charge is 0.104 e. The van der Waals surface area contributed by atoms with E-state index in [1.165, 1.54) is 22.0 Å². The van der Waals surface area contributed by atoms with Crippen LogP contribution in [0.4, 0.5) is 0 Å². The van der Waals surface area contributed by atoms with Crippen LogP contribution in [0.5, 0.6) is 0 Å². The molecule has 1 nitrogen and oxygen atoms in total. The molecule has 0 aliphatic heterocycles. The third kappa shape index (κ3) is 4.05. The number of rotatable bonds is 5. The molecule has 0 saturated heterocycles. The van der Waals surface area contributed by atoms with Crippen LogP contribution in [0, 0.1) is 3.57 Å². The average Bonchev–Trinajstić information content (AvgIpc) is 2.46. The Morgan fingerprint density at radius 3 is 2.00 bits per heavy atom. The monoisotopic (exact) mass is 366 g/mol. The number of hydrogen-bond donors (Lipinski definition) is 1. The van der Waals surface area contributed by atoms with E-state index >= 15 is 0 Å². The summed E-state index contributed by atoms with van der Waals surface area (Å²) in [6.07, 6.45) is 3.03. The Hall–Kier alpha value is -0.870. The molecule has 2 aromatic rings. The third-order valence-corrected chi connectivity index (χ3v) is 4.02. The van der Waals surface area contributed by atoms with Gasteiger partial charge in [0, 0.05) is 3.57 Å². The molecule has 0 amide bonds. The first kappa shape index (κ1) is 14.5. The van der Waals surface area contributed by atoms with Gasteiger partial charge in [-0.05, 0) is 64.3 Å². The molecular formula is C17H19IO. The van der Waals surface area contributed by atoms with Crippen molar-refractivity contribution in [1.82, 2.24) is 0 Å². The van der Waals surface area contributed by atoms with E-state index < -0.39 is 6.10 Å². The zero-order valence-electron chi connectivity index (χ0n) is 11.1. The fraction of sp³-hybridized carbons (Fsp3) is 0.294. The first-order valence-corrected chi connectivity index (χ1v) is 7.81. The highest BCUT2D eigenvalue weighted by Gasteiger charge is 2.09. The fourth-order valence-corrected chi connectivity index (χ4v) is 2.44. The minimum absolute atomic E-state index is 0.530. The molecule has 1 atom stereocenters. The van der Waals surface area contributed by atoms with Gasteiger partial charge in [0.25, 0.3) is 0 Å². The molecule has 0 aliphatic carbocycles. The summed E-state index contributed by atoms with van der Waals surface area (Å²) in [5.41, 5.74) is 3.25. The van der Waals surface area contributed by atoms with E-state index in [0.29, 0.717) is 0 Å². The van der Waals surface area contributed by atoms with Gasteiger partial charge in [0.1, 0.15) is 6.10 Å². The van der Waals surface area contributed by atoms with Crippen LogP contribution in [0.25, 0.3) is 0 Å². The lowest BCUT2D eigenvalue weighted by molar-refractivity contribution is 0.220. The first-order valence-electron chi connectivity index (χ1n) is 6.73. The Morgan fingerprint density at radius 1 is 0.947 bits per heavy atom. The second kappa shape index (κ2) is 7.06. The van der Waals surface area contributed by atoms with E-state index in [4.69, 9.17) is 0 Å². The van der Waals surface area contributed by atoms with Crippen molar-refractivity contribution in [3.63, 3.8) is 0 Å². The Kier molecular flexibility index (Phi) is 5.40. The van der Waals surface area contributed by atoms with Gasteiger partial charge in [0.05, 0.1) is 0 Å². The molecule has 0 aromatic heterocycles. The molecule has 2 heteroatoms. The standard InChI is InChI=1S/C17H19IO/c1-2-3-4-13-5-7-14(8-6-13)17(19)15-9-11-16(18)12-10-15/h5-12,17,19H,2-4H2,1H3. The van der Waals surface area contributed by atoms with Crippen LogP contribution in [-0.4, -0.2) is 5.11 Å². The summed E-state index contributed by atoms with van der Waals surface area (Å²) in [6, 6.07) is 16.3. The molecule has 2 aromatic carbocycles. The SMILES string of the molecule is CCCCc1ccc(C(O)c2ccc(I)cc2)cc1. The lowest BCUT2D eigenvalue weighted by Crippen LogP contribution is -1.99. The van der Waals surface area contributed by atoms with E-state index in [9.17, 15) is 5.11 Å². The molecule has 0 fully saturated rings. The minimum Gasteiger partial charge on any atom is -0.384 e. The normalized spacial score (nSPS) is 12.4. The Labute approximate surface area is 128 Å². The molecule has 0 bridgehead atoms. The molecule has 0 saturated carbocycles. The molecule has 0 spiro atoms. The van der Waals surface area contributed by atoms with Gasteiger partial charge in [-0.2, -0.15) is 0 Å². The fourth-order valence-electron chi connectivity index (χ4n) is 2.09. The van der Waals surface area contributed by atoms with Crippen LogP contribution in [0.3, 0.4) is 0 Å². The van der Waals surface area contributed by atoms with Crippen molar-refractivity contribution in [2.75, 3.05) is 0 Å². The van der Waals surface area contributed by atoms with E-state index in [0.717, 1.165) is 17.5 Å². The van der Waals surface area contributed by atoms with Crippen molar-refractivity contribution in [1.29, 1.82) is 0 Å². The predicted molar refractivity (Wildman–Crippen MR) is 88.3 cm³/mol. The summed E-state index contributed by atoms with van der Waals surface area (Å²) >= 11 is 2.27. The lowest BCUT2D eigenvalue weighted by Gasteiger charge is -2.12. The van der Waals surface area contributed by atoms with Crippen molar-refractivity contribution in [2.24, 2.45) is 0 Å². The van der Waals surface area contributed by atoms with Gasteiger partial charge >= 0.3 is 0 Å². The van der Waals surface area contributed by atoms with Crippen LogP contribution in [0.2, 0.25) is 0 Å². The van der Waals surface area contributed by atoms with Crippen molar-refractivity contribution in [3.8, 4) is 0 Å². The van der Waals surface area contributed by atoms with Gasteiger partial charge in [-0.3, -0.25) is 0 Å². The first-order chi connectivity index (χ1) is 9.20. The summed E-state index contributed by atoms with van der Waals surface area (Å²) in [5, 5.41) is 10.3. The van der Waals surface area contributed by atoms with Crippen LogP contribution < -0.4 is 0 Å². The van der Waals surface area contributed by atoms with Gasteiger partial charge < -0.3 is 5.11 Å². The Morgan fingerprint density at radius 2 is 1.47 bits per heavy atom. The molecule has 0 aliphatic rings. The topological polar surface area (TPSA) is 20.2 Å². The number of aryl methyl sites for hydroxylation is 1. The van der Waals surface area contributed by atoms with E-state index in [1.54, 1.807) is 0 Å². The van der Waals surface area contributed by atoms with E-state index in [2.05, 4.69) is 41.6 Å². The van der Waals surface area contributed by atoms with Gasteiger partial charge in [0.2, 0.25) is 0 Å². The van der Waals surface area contributed by atoms with Crippen LogP contribution in [0.1, 0.15) is 42.6 Å². The van der Waals surface area contributed by atoms with Crippen molar-refractivity contribution >= 4 is 22.6 Å². The lowest BCUT2D eigenvalue weighted by atomic mass is 9.99. The summed E-state index contributed by atoms with van der Waals surface area (Å²) in [7, 11) is 0. The Bertz CT molecular complexity index is 502. The molecule has 0 heterocycles. The summed E-state index contributed by atoms with van der Waals surface area (Å²) in [5.74, 6) is 0. The predicted octanol–water partition coefficient (Wildman–Crippen LogP) is 4.72. The van der Waals surface area contributed by atoms with Crippen molar-refractivity contribution < 1.29 is 5.11 Å². The maximum atomic E-state index is 10.3. The molecule has 100 valence electrons. The number of aliphatic hydroxyl groups is 1. The van der Waals surface area contributed by atoms with Crippen LogP contribution >= 0.6 is 22.6 Å². The van der Waals surface area contributed by atoms with E-state index in [-0.39, 0.29) is 0 Å². The number of benzene rings is 2. The second-order valence-corrected chi connectivity index (χ2v) is 6.04. The Balaban J connectivity index is 2.10. The average molecular weight is 366 g/mol. The summed E-state index contributed by atoms with van der Waals surface area (Å²) < 4.78 is 1.18. The number of aliphatic hydroxyl groups excluding tert-OH is 1. The summed E-state index contributed by atoms with van der Waals surface area (Å²) in [6.45, 7) is 2.20. The molecular weight excluding hydrogens is 347 g/mol. The molecule has 2 rings (SSSR count).